The first-order valence-electron chi connectivity index (χ1n) is 5.18. The van der Waals surface area contributed by atoms with E-state index in [-0.39, 0.29) is 13.2 Å². The Labute approximate surface area is 102 Å². The van der Waals surface area contributed by atoms with Crippen LogP contribution < -0.4 is 10.6 Å². The Bertz CT molecular complexity index is 408. The third-order valence-electron chi connectivity index (χ3n) is 2.05. The number of nitrogens with one attached hydrogen (secondary N) is 2. The van der Waals surface area contributed by atoms with Gasteiger partial charge in [0.05, 0.1) is 13.2 Å². The van der Waals surface area contributed by atoms with Crippen molar-refractivity contribution in [3.05, 3.63) is 29.8 Å². The number of anilines is 1. The number of amides is 1. The molecule has 0 heterocycles. The number of aliphatic hydroxyl groups excluding tert-OH is 1. The molecule has 0 aliphatic heterocycles. The van der Waals surface area contributed by atoms with E-state index in [2.05, 4.69) is 5.32 Å². The second kappa shape index (κ2) is 6.25. The molecule has 0 aliphatic rings. The van der Waals surface area contributed by atoms with Gasteiger partial charge in [-0.05, 0) is 17.7 Å². The van der Waals surface area contributed by atoms with Crippen molar-refractivity contribution in [1.82, 2.24) is 5.32 Å². The van der Waals surface area contributed by atoms with Crippen molar-refractivity contribution in [1.29, 1.82) is 0 Å². The van der Waals surface area contributed by atoms with Crippen LogP contribution in [0.1, 0.15) is 5.56 Å². The molecule has 1 rings (SSSR count). The van der Waals surface area contributed by atoms with Crippen LogP contribution in [0.3, 0.4) is 0 Å². The molecule has 0 aliphatic carbocycles. The van der Waals surface area contributed by atoms with Crippen molar-refractivity contribution >= 4 is 11.6 Å². The summed E-state index contributed by atoms with van der Waals surface area (Å²) >= 11 is 0. The van der Waals surface area contributed by atoms with E-state index in [0.717, 1.165) is 0 Å². The zero-order chi connectivity index (χ0) is 13.6. The molecule has 4 nitrogen and oxygen atoms in total. The summed E-state index contributed by atoms with van der Waals surface area (Å²) in [6.45, 7) is -1.75. The average Bonchev–Trinajstić information content (AvgIpc) is 2.33. The van der Waals surface area contributed by atoms with Crippen molar-refractivity contribution in [2.75, 3.05) is 18.4 Å². The minimum atomic E-state index is -4.41. The first-order valence-corrected chi connectivity index (χ1v) is 5.18. The molecule has 0 unspecified atom stereocenters. The molecule has 0 fully saturated rings. The summed E-state index contributed by atoms with van der Waals surface area (Å²) in [5.74, 6) is -0.748. The first kappa shape index (κ1) is 14.3. The summed E-state index contributed by atoms with van der Waals surface area (Å²) in [6, 6.07) is 6.61. The van der Waals surface area contributed by atoms with Crippen LogP contribution in [0, 0.1) is 0 Å². The van der Waals surface area contributed by atoms with Gasteiger partial charge in [0, 0.05) is 5.69 Å². The lowest BCUT2D eigenvalue weighted by atomic mass is 10.2. The van der Waals surface area contributed by atoms with E-state index in [0.29, 0.717) is 11.3 Å². The Kier molecular flexibility index (Phi) is 4.96. The fourth-order valence-corrected chi connectivity index (χ4v) is 1.22. The van der Waals surface area contributed by atoms with Crippen molar-refractivity contribution in [3.63, 3.8) is 0 Å². The van der Waals surface area contributed by atoms with Crippen molar-refractivity contribution in [2.24, 2.45) is 0 Å². The zero-order valence-corrected chi connectivity index (χ0v) is 9.42. The first-order chi connectivity index (χ1) is 8.40. The van der Waals surface area contributed by atoms with Gasteiger partial charge in [-0.25, -0.2) is 0 Å². The lowest BCUT2D eigenvalue weighted by Gasteiger charge is -2.10. The summed E-state index contributed by atoms with van der Waals surface area (Å²) in [5.41, 5.74) is 1.21. The molecular formula is C11H13F3N2O2. The highest BCUT2D eigenvalue weighted by molar-refractivity contribution is 5.80. The molecule has 0 atom stereocenters. The third kappa shape index (κ3) is 5.53. The molecule has 1 amide bonds. The van der Waals surface area contributed by atoms with Crippen LogP contribution in [0.2, 0.25) is 0 Å². The molecule has 100 valence electrons. The Balaban J connectivity index is 2.38. The van der Waals surface area contributed by atoms with E-state index in [4.69, 9.17) is 5.11 Å². The van der Waals surface area contributed by atoms with Gasteiger partial charge in [-0.2, -0.15) is 13.2 Å². The van der Waals surface area contributed by atoms with Gasteiger partial charge in [0.2, 0.25) is 5.91 Å². The zero-order valence-electron chi connectivity index (χ0n) is 9.42. The molecule has 0 spiro atoms. The number of hydrogen-bond acceptors (Lipinski definition) is 3. The van der Waals surface area contributed by atoms with Gasteiger partial charge in [-0.1, -0.05) is 12.1 Å². The standard InChI is InChI=1S/C11H13F3N2O2/c12-11(13,14)7-16-10(18)5-15-9-3-1-2-8(4-9)6-17/h1-4,15,17H,5-7H2,(H,16,18). The summed E-state index contributed by atoms with van der Waals surface area (Å²) in [7, 11) is 0. The molecule has 1 aromatic carbocycles. The van der Waals surface area contributed by atoms with Crippen LogP contribution in [0.25, 0.3) is 0 Å². The largest absolute Gasteiger partial charge is 0.405 e. The van der Waals surface area contributed by atoms with Crippen LogP contribution in [0.4, 0.5) is 18.9 Å². The highest BCUT2D eigenvalue weighted by Gasteiger charge is 2.27. The molecule has 18 heavy (non-hydrogen) atoms. The van der Waals surface area contributed by atoms with Crippen molar-refractivity contribution < 1.29 is 23.1 Å². The second-order valence-corrected chi connectivity index (χ2v) is 3.60. The maximum Gasteiger partial charge on any atom is 0.405 e. The van der Waals surface area contributed by atoms with Gasteiger partial charge < -0.3 is 15.7 Å². The van der Waals surface area contributed by atoms with Gasteiger partial charge in [-0.15, -0.1) is 0 Å². The van der Waals surface area contributed by atoms with E-state index >= 15 is 0 Å². The third-order valence-corrected chi connectivity index (χ3v) is 2.05. The van der Waals surface area contributed by atoms with Crippen LogP contribution >= 0.6 is 0 Å². The van der Waals surface area contributed by atoms with Crippen LogP contribution in [-0.2, 0) is 11.4 Å². The predicted molar refractivity (Wildman–Crippen MR) is 59.9 cm³/mol. The molecule has 0 bridgehead atoms. The number of carbonyl (C=O) groups is 1. The Morgan fingerprint density at radius 2 is 2.06 bits per heavy atom. The van der Waals surface area contributed by atoms with Crippen molar-refractivity contribution in [2.45, 2.75) is 12.8 Å². The van der Waals surface area contributed by atoms with Gasteiger partial charge in [0.25, 0.3) is 0 Å². The number of carbonyl (C=O) groups excluding carboxylic acids is 1. The maximum absolute atomic E-state index is 11.8. The number of aliphatic hydroxyl groups is 1. The summed E-state index contributed by atoms with van der Waals surface area (Å²) in [5, 5.41) is 13.3. The van der Waals surface area contributed by atoms with Crippen LogP contribution in [0.5, 0.6) is 0 Å². The van der Waals surface area contributed by atoms with E-state index in [1.165, 1.54) is 0 Å². The lowest BCUT2D eigenvalue weighted by Crippen LogP contribution is -2.37. The molecular weight excluding hydrogens is 249 g/mol. The summed E-state index contributed by atoms with van der Waals surface area (Å²) < 4.78 is 35.4. The fourth-order valence-electron chi connectivity index (χ4n) is 1.22. The van der Waals surface area contributed by atoms with Gasteiger partial charge in [0.15, 0.2) is 0 Å². The molecule has 0 saturated carbocycles. The van der Waals surface area contributed by atoms with Gasteiger partial charge >= 0.3 is 6.18 Å². The molecule has 3 N–H and O–H groups in total. The average molecular weight is 262 g/mol. The van der Waals surface area contributed by atoms with Gasteiger partial charge in [-0.3, -0.25) is 4.79 Å². The Hall–Kier alpha value is -1.76. The molecule has 1 aromatic rings. The summed E-state index contributed by atoms with van der Waals surface area (Å²) in [6.07, 6.45) is -4.41. The summed E-state index contributed by atoms with van der Waals surface area (Å²) in [4.78, 5) is 11.1. The number of hydrogen-bond donors (Lipinski definition) is 3. The highest BCUT2D eigenvalue weighted by atomic mass is 19.4. The number of alkyl halides is 3. The van der Waals surface area contributed by atoms with E-state index in [1.807, 2.05) is 0 Å². The Morgan fingerprint density at radius 1 is 1.33 bits per heavy atom. The van der Waals surface area contributed by atoms with E-state index in [9.17, 15) is 18.0 Å². The molecule has 0 aromatic heterocycles. The fraction of sp³-hybridized carbons (Fsp3) is 0.364. The van der Waals surface area contributed by atoms with Crippen LogP contribution in [0.15, 0.2) is 24.3 Å². The molecule has 0 radical (unpaired) electrons. The molecule has 7 heteroatoms. The predicted octanol–water partition coefficient (Wildman–Crippen LogP) is 1.27. The van der Waals surface area contributed by atoms with Crippen molar-refractivity contribution in [3.8, 4) is 0 Å². The molecule has 0 saturated heterocycles. The maximum atomic E-state index is 11.8. The smallest absolute Gasteiger partial charge is 0.392 e. The van der Waals surface area contributed by atoms with Gasteiger partial charge in [0.1, 0.15) is 6.54 Å². The minimum Gasteiger partial charge on any atom is -0.392 e. The minimum absolute atomic E-state index is 0.143. The lowest BCUT2D eigenvalue weighted by molar-refractivity contribution is -0.137. The monoisotopic (exact) mass is 262 g/mol. The number of halogens is 3. The van der Waals surface area contributed by atoms with E-state index < -0.39 is 18.6 Å². The van der Waals surface area contributed by atoms with Crippen LogP contribution in [-0.4, -0.2) is 30.3 Å². The van der Waals surface area contributed by atoms with E-state index in [1.54, 1.807) is 29.6 Å². The Morgan fingerprint density at radius 3 is 2.67 bits per heavy atom. The quantitative estimate of drug-likeness (QED) is 0.749. The number of rotatable bonds is 5. The SMILES string of the molecule is O=C(CNc1cccc(CO)c1)NCC(F)(F)F. The normalized spacial score (nSPS) is 11.1. The highest BCUT2D eigenvalue weighted by Crippen LogP contribution is 2.12. The number of benzene rings is 1. The second-order valence-electron chi connectivity index (χ2n) is 3.60. The topological polar surface area (TPSA) is 61.4 Å².